The molecule has 0 aliphatic rings. The molecule has 0 amide bonds. The lowest BCUT2D eigenvalue weighted by Crippen LogP contribution is -1.63. The second-order valence-corrected chi connectivity index (χ2v) is 2.46. The summed E-state index contributed by atoms with van der Waals surface area (Å²) in [7, 11) is 0. The standard InChI is InChI=1S/C8H8.C4H6.C3H4O/c1-2-8-6-4-3-5-7-8;1-3-4-2;1-2-3-4/h2-7H,1H2;3-4H,1-2H2;2-3H,1H2. The number of carbonyl (C=O) groups excluding carboxylic acids is 1. The van der Waals surface area contributed by atoms with E-state index >= 15 is 0 Å². The van der Waals surface area contributed by atoms with Crippen LogP contribution < -0.4 is 0 Å². The van der Waals surface area contributed by atoms with Crippen molar-refractivity contribution in [2.75, 3.05) is 0 Å². The average molecular weight is 214 g/mol. The first-order chi connectivity index (χ1) is 7.76. The zero-order valence-corrected chi connectivity index (χ0v) is 9.51. The topological polar surface area (TPSA) is 17.1 Å². The predicted molar refractivity (Wildman–Crippen MR) is 73.2 cm³/mol. The van der Waals surface area contributed by atoms with Crippen molar-refractivity contribution in [2.24, 2.45) is 0 Å². The van der Waals surface area contributed by atoms with Crippen LogP contribution in [0.4, 0.5) is 0 Å². The molecule has 1 aromatic carbocycles. The maximum Gasteiger partial charge on any atom is 0.142 e. The van der Waals surface area contributed by atoms with Crippen LogP contribution in [0.2, 0.25) is 0 Å². The van der Waals surface area contributed by atoms with Crippen LogP contribution in [-0.2, 0) is 4.79 Å². The van der Waals surface area contributed by atoms with Crippen molar-refractivity contribution in [1.82, 2.24) is 0 Å². The van der Waals surface area contributed by atoms with Gasteiger partial charge in [0.1, 0.15) is 6.29 Å². The molecule has 0 bridgehead atoms. The molecule has 0 aliphatic carbocycles. The lowest BCUT2D eigenvalue weighted by molar-refractivity contribution is -0.104. The molecule has 0 fully saturated rings. The van der Waals surface area contributed by atoms with Crippen LogP contribution in [0, 0.1) is 0 Å². The molecular formula is C15H18O. The van der Waals surface area contributed by atoms with Crippen LogP contribution in [0.5, 0.6) is 0 Å². The summed E-state index contributed by atoms with van der Waals surface area (Å²) < 4.78 is 0. The Kier molecular flexibility index (Phi) is 15.6. The summed E-state index contributed by atoms with van der Waals surface area (Å²) in [5.74, 6) is 0. The molecule has 16 heavy (non-hydrogen) atoms. The van der Waals surface area contributed by atoms with E-state index in [1.807, 2.05) is 36.4 Å². The van der Waals surface area contributed by atoms with E-state index in [-0.39, 0.29) is 0 Å². The van der Waals surface area contributed by atoms with Gasteiger partial charge in [-0.25, -0.2) is 0 Å². The van der Waals surface area contributed by atoms with E-state index in [1.165, 1.54) is 11.6 Å². The normalized spacial score (nSPS) is 6.75. The van der Waals surface area contributed by atoms with Gasteiger partial charge in [-0.05, 0) is 11.6 Å². The molecule has 0 aliphatic heterocycles. The molecule has 84 valence electrons. The Hall–Kier alpha value is -2.15. The van der Waals surface area contributed by atoms with Crippen LogP contribution in [0.3, 0.4) is 0 Å². The van der Waals surface area contributed by atoms with Gasteiger partial charge in [0.2, 0.25) is 0 Å². The number of aldehydes is 1. The van der Waals surface area contributed by atoms with E-state index in [0.717, 1.165) is 0 Å². The van der Waals surface area contributed by atoms with E-state index in [4.69, 9.17) is 4.79 Å². The Morgan fingerprint density at radius 2 is 1.25 bits per heavy atom. The number of carbonyl (C=O) groups is 1. The van der Waals surface area contributed by atoms with Crippen LogP contribution in [0.1, 0.15) is 5.56 Å². The number of rotatable bonds is 3. The van der Waals surface area contributed by atoms with Gasteiger partial charge in [-0.1, -0.05) is 74.9 Å². The highest BCUT2D eigenvalue weighted by Gasteiger charge is 1.75. The molecule has 1 heteroatoms. The molecular weight excluding hydrogens is 196 g/mol. The first-order valence-corrected chi connectivity index (χ1v) is 4.73. The number of hydrogen-bond acceptors (Lipinski definition) is 1. The molecule has 0 saturated heterocycles. The van der Waals surface area contributed by atoms with Crippen molar-refractivity contribution in [3.8, 4) is 0 Å². The van der Waals surface area contributed by atoms with Crippen LogP contribution in [0.15, 0.2) is 74.9 Å². The van der Waals surface area contributed by atoms with Gasteiger partial charge in [0.25, 0.3) is 0 Å². The molecule has 0 saturated carbocycles. The Morgan fingerprint density at radius 1 is 0.812 bits per heavy atom. The van der Waals surface area contributed by atoms with E-state index in [2.05, 4.69) is 26.3 Å². The van der Waals surface area contributed by atoms with Crippen molar-refractivity contribution in [3.05, 3.63) is 80.4 Å². The molecule has 0 aromatic heterocycles. The third-order valence-electron chi connectivity index (χ3n) is 1.30. The van der Waals surface area contributed by atoms with Gasteiger partial charge in [0, 0.05) is 0 Å². The van der Waals surface area contributed by atoms with Gasteiger partial charge >= 0.3 is 0 Å². The van der Waals surface area contributed by atoms with Crippen molar-refractivity contribution in [3.63, 3.8) is 0 Å². The second-order valence-electron chi connectivity index (χ2n) is 2.46. The summed E-state index contributed by atoms with van der Waals surface area (Å²) in [6, 6.07) is 10.0. The Bertz CT molecular complexity index is 285. The summed E-state index contributed by atoms with van der Waals surface area (Å²) in [5.41, 5.74) is 1.17. The largest absolute Gasteiger partial charge is 0.299 e. The van der Waals surface area contributed by atoms with Crippen molar-refractivity contribution < 1.29 is 4.79 Å². The number of allylic oxidation sites excluding steroid dienone is 3. The van der Waals surface area contributed by atoms with E-state index in [1.54, 1.807) is 12.2 Å². The zero-order valence-electron chi connectivity index (χ0n) is 9.51. The van der Waals surface area contributed by atoms with Gasteiger partial charge in [-0.15, -0.1) is 0 Å². The molecule has 1 aromatic rings. The number of benzene rings is 1. The molecule has 0 radical (unpaired) electrons. The molecule has 0 N–H and O–H groups in total. The molecule has 0 atom stereocenters. The fourth-order valence-electron chi connectivity index (χ4n) is 0.589. The van der Waals surface area contributed by atoms with Crippen LogP contribution in [0.25, 0.3) is 6.08 Å². The highest BCUT2D eigenvalue weighted by Crippen LogP contribution is 1.97. The predicted octanol–water partition coefficient (Wildman–Crippen LogP) is 4.06. The van der Waals surface area contributed by atoms with Gasteiger partial charge in [-0.3, -0.25) is 4.79 Å². The Morgan fingerprint density at radius 3 is 1.44 bits per heavy atom. The highest BCUT2D eigenvalue weighted by molar-refractivity contribution is 5.63. The minimum absolute atomic E-state index is 0.639. The van der Waals surface area contributed by atoms with Gasteiger partial charge in [0.15, 0.2) is 0 Å². The smallest absolute Gasteiger partial charge is 0.142 e. The van der Waals surface area contributed by atoms with Gasteiger partial charge in [-0.2, -0.15) is 0 Å². The van der Waals surface area contributed by atoms with Gasteiger partial charge in [0.05, 0.1) is 0 Å². The minimum atomic E-state index is 0.639. The molecule has 0 unspecified atom stereocenters. The minimum Gasteiger partial charge on any atom is -0.299 e. The monoisotopic (exact) mass is 214 g/mol. The summed E-state index contributed by atoms with van der Waals surface area (Å²) in [5, 5.41) is 0. The van der Waals surface area contributed by atoms with E-state index in [9.17, 15) is 0 Å². The Balaban J connectivity index is 0. The van der Waals surface area contributed by atoms with Crippen molar-refractivity contribution >= 4 is 12.4 Å². The summed E-state index contributed by atoms with van der Waals surface area (Å²) in [6.07, 6.45) is 6.94. The summed E-state index contributed by atoms with van der Waals surface area (Å²) in [6.45, 7) is 13.5. The quantitative estimate of drug-likeness (QED) is 0.421. The first kappa shape index (κ1) is 16.3. The van der Waals surface area contributed by atoms with Crippen LogP contribution >= 0.6 is 0 Å². The average Bonchev–Trinajstić information content (AvgIpc) is 2.40. The second kappa shape index (κ2) is 15.3. The lowest BCUT2D eigenvalue weighted by Gasteiger charge is -1.85. The molecule has 0 heterocycles. The maximum absolute atomic E-state index is 9.06. The highest BCUT2D eigenvalue weighted by atomic mass is 16.1. The number of hydrogen-bond donors (Lipinski definition) is 0. The SMILES string of the molecule is C=CC=C.C=CC=O.C=Cc1ccccc1. The molecule has 1 nitrogen and oxygen atoms in total. The molecule has 1 rings (SSSR count). The van der Waals surface area contributed by atoms with Crippen molar-refractivity contribution in [2.45, 2.75) is 0 Å². The first-order valence-electron chi connectivity index (χ1n) is 4.73. The fraction of sp³-hybridized carbons (Fsp3) is 0. The zero-order chi connectivity index (χ0) is 12.6. The van der Waals surface area contributed by atoms with Gasteiger partial charge < -0.3 is 0 Å². The van der Waals surface area contributed by atoms with Crippen molar-refractivity contribution in [1.29, 1.82) is 0 Å². The summed E-state index contributed by atoms with van der Waals surface area (Å²) in [4.78, 5) is 9.06. The van der Waals surface area contributed by atoms with E-state index in [0.29, 0.717) is 6.29 Å². The Labute approximate surface area is 98.1 Å². The van der Waals surface area contributed by atoms with Crippen LogP contribution in [-0.4, -0.2) is 6.29 Å². The maximum atomic E-state index is 9.06. The fourth-order valence-corrected chi connectivity index (χ4v) is 0.589. The van der Waals surface area contributed by atoms with E-state index < -0.39 is 0 Å². The summed E-state index contributed by atoms with van der Waals surface area (Å²) >= 11 is 0. The molecule has 0 spiro atoms. The lowest BCUT2D eigenvalue weighted by atomic mass is 10.2. The third kappa shape index (κ3) is 14.4. The third-order valence-corrected chi connectivity index (χ3v) is 1.30.